The van der Waals surface area contributed by atoms with Gasteiger partial charge >= 0.3 is 6.09 Å². The van der Waals surface area contributed by atoms with Gasteiger partial charge in [0.25, 0.3) is 0 Å². The highest BCUT2D eigenvalue weighted by Gasteiger charge is 2.47. The molecule has 1 heterocycles. The molecule has 0 saturated carbocycles. The Kier molecular flexibility index (Phi) is 13.9. The molecule has 0 aromatic heterocycles. The Labute approximate surface area is 291 Å². The molecule has 9 heteroatoms. The fourth-order valence-electron chi connectivity index (χ4n) is 6.41. The van der Waals surface area contributed by atoms with Gasteiger partial charge in [-0.3, -0.25) is 19.3 Å². The van der Waals surface area contributed by atoms with Crippen LogP contribution in [0.2, 0.25) is 0 Å². The van der Waals surface area contributed by atoms with Gasteiger partial charge in [-0.25, -0.2) is 4.79 Å². The smallest absolute Gasteiger partial charge is 0.410 e. The molecule has 1 fully saturated rings. The van der Waals surface area contributed by atoms with E-state index in [0.717, 1.165) is 50.5 Å². The molecule has 1 saturated heterocycles. The Hall–Kier alpha value is -3.62. The molecule has 0 spiro atoms. The maximum atomic E-state index is 14.7. The summed E-state index contributed by atoms with van der Waals surface area (Å²) >= 11 is 0. The van der Waals surface area contributed by atoms with Crippen molar-refractivity contribution < 1.29 is 26.8 Å². The van der Waals surface area contributed by atoms with E-state index >= 15 is 0 Å². The number of allylic oxidation sites excluding steroid dienone is 3. The third-order valence-electron chi connectivity index (χ3n) is 9.36. The maximum Gasteiger partial charge on any atom is 0.410 e. The highest BCUT2D eigenvalue weighted by molar-refractivity contribution is 5.95. The summed E-state index contributed by atoms with van der Waals surface area (Å²) in [5.74, 6) is -0.963. The number of likely N-dealkylation sites (tertiary alicyclic amines) is 1. The second-order valence-electron chi connectivity index (χ2n) is 15.4. The first-order valence-corrected chi connectivity index (χ1v) is 17.8. The molecule has 4 amide bonds. The number of rotatable bonds is 11. The lowest BCUT2D eigenvalue weighted by molar-refractivity contribution is -0.146. The quantitative estimate of drug-likeness (QED) is 0.235. The van der Waals surface area contributed by atoms with Crippen LogP contribution in [-0.4, -0.2) is 70.9 Å². The lowest BCUT2D eigenvalue weighted by Crippen LogP contribution is -2.60. The molecule has 4 atom stereocenters. The van der Waals surface area contributed by atoms with Crippen molar-refractivity contribution in [3.63, 3.8) is 0 Å². The first-order valence-electron chi connectivity index (χ1n) is 17.8. The topological polar surface area (TPSA) is 108 Å². The van der Waals surface area contributed by atoms with Crippen LogP contribution in [0, 0.1) is 5.41 Å². The number of likely N-dealkylation sites (N-methyl/N-ethyl adjacent to an activating group) is 1. The van der Waals surface area contributed by atoms with Crippen LogP contribution >= 0.6 is 0 Å². The van der Waals surface area contributed by atoms with Crippen LogP contribution < -0.4 is 10.6 Å². The number of ether oxygens (including phenoxy) is 1. The molecule has 9 nitrogen and oxygen atoms in total. The molecule has 0 radical (unpaired) electrons. The van der Waals surface area contributed by atoms with E-state index in [-0.39, 0.29) is 20.7 Å². The van der Waals surface area contributed by atoms with Gasteiger partial charge < -0.3 is 20.3 Å². The standard InChI is InChI=1S/C39H60N4O5.2H2/c1-10-11-19-28-20-15-12-13-16-23-30(28)26-40-35(45)32-25-24-31(29-21-17-14-18-22-29)43(32)36(46)33(38(3,4)5)41-34(44)27(2)42(9)37(47)48-39(6,7)8;;/h13-14,16-18,21-22,27,31-33H,10-12,15,19-20,23-26H2,1-9H3,(H,40,45)(H,41,44);2*1H/b16-13-,30-28+;;/t27-,31-,32-,33?;;/m0../s1. The van der Waals surface area contributed by atoms with Crippen LogP contribution in [0.15, 0.2) is 53.6 Å². The minimum atomic E-state index is -0.946. The normalized spacial score (nSPS) is 22.1. The van der Waals surface area contributed by atoms with Gasteiger partial charge in [0.05, 0.1) is 6.04 Å². The van der Waals surface area contributed by atoms with Crippen molar-refractivity contribution >= 4 is 23.8 Å². The number of hydrogen-bond donors (Lipinski definition) is 2. The molecule has 1 aliphatic heterocycles. The van der Waals surface area contributed by atoms with E-state index in [1.807, 2.05) is 51.1 Å². The zero-order valence-corrected chi connectivity index (χ0v) is 30.9. The van der Waals surface area contributed by atoms with Crippen LogP contribution in [0.5, 0.6) is 0 Å². The van der Waals surface area contributed by atoms with Crippen LogP contribution in [0.4, 0.5) is 4.79 Å². The third kappa shape index (κ3) is 10.7. The SMILES string of the molecule is CCCC/C1=C(\CNC(=O)[C@@H]2CC[C@@H](c3ccccc3)N2C(=O)C(NC(=O)[C@H](C)N(C)C(=O)OC(C)(C)C)C(C)(C)C)C/C=C\CCC1.[HH].[HH]. The molecule has 1 unspecified atom stereocenters. The molecule has 0 bridgehead atoms. The van der Waals surface area contributed by atoms with E-state index in [2.05, 4.69) is 29.7 Å². The number of benzene rings is 1. The second kappa shape index (κ2) is 17.2. The zero-order valence-electron chi connectivity index (χ0n) is 30.9. The Bertz CT molecular complexity index is 1340. The average Bonchev–Trinajstić information content (AvgIpc) is 3.46. The van der Waals surface area contributed by atoms with Gasteiger partial charge in [0.15, 0.2) is 0 Å². The maximum absolute atomic E-state index is 14.7. The molecular weight excluding hydrogens is 604 g/mol. The van der Waals surface area contributed by atoms with Crippen LogP contribution in [0.3, 0.4) is 0 Å². The molecule has 1 aliphatic carbocycles. The summed E-state index contributed by atoms with van der Waals surface area (Å²) in [6, 6.07) is 6.94. The Morgan fingerprint density at radius 2 is 1.71 bits per heavy atom. The van der Waals surface area contributed by atoms with E-state index in [9.17, 15) is 19.2 Å². The molecule has 1 aromatic rings. The van der Waals surface area contributed by atoms with Crippen molar-refractivity contribution in [2.75, 3.05) is 13.6 Å². The Morgan fingerprint density at radius 1 is 1.02 bits per heavy atom. The Morgan fingerprint density at radius 3 is 2.33 bits per heavy atom. The van der Waals surface area contributed by atoms with Crippen molar-refractivity contribution in [1.82, 2.24) is 20.4 Å². The lowest BCUT2D eigenvalue weighted by atomic mass is 9.85. The number of unbranched alkanes of at least 4 members (excludes halogenated alkanes) is 1. The van der Waals surface area contributed by atoms with Crippen LogP contribution in [-0.2, 0) is 19.1 Å². The van der Waals surface area contributed by atoms with Crippen molar-refractivity contribution in [3.8, 4) is 0 Å². The monoisotopic (exact) mass is 668 g/mol. The van der Waals surface area contributed by atoms with Gasteiger partial charge in [-0.05, 0) is 95.6 Å². The lowest BCUT2D eigenvalue weighted by Gasteiger charge is -2.39. The van der Waals surface area contributed by atoms with E-state index < -0.39 is 41.1 Å². The first kappa shape index (κ1) is 38.8. The largest absolute Gasteiger partial charge is 0.444 e. The molecule has 2 N–H and O–H groups in total. The second-order valence-corrected chi connectivity index (χ2v) is 15.4. The molecule has 2 aliphatic rings. The average molecular weight is 669 g/mol. The molecule has 3 rings (SSSR count). The fourth-order valence-corrected chi connectivity index (χ4v) is 6.41. The summed E-state index contributed by atoms with van der Waals surface area (Å²) in [7, 11) is 1.51. The van der Waals surface area contributed by atoms with Crippen molar-refractivity contribution in [2.45, 2.75) is 143 Å². The highest BCUT2D eigenvalue weighted by Crippen LogP contribution is 2.38. The summed E-state index contributed by atoms with van der Waals surface area (Å²) in [5, 5.41) is 6.18. The summed E-state index contributed by atoms with van der Waals surface area (Å²) in [6.07, 6.45) is 12.3. The van der Waals surface area contributed by atoms with Crippen molar-refractivity contribution in [2.24, 2.45) is 5.41 Å². The molecule has 48 heavy (non-hydrogen) atoms. The first-order chi connectivity index (χ1) is 22.5. The summed E-state index contributed by atoms with van der Waals surface area (Å²) in [5.41, 5.74) is 2.26. The van der Waals surface area contributed by atoms with Crippen molar-refractivity contribution in [3.05, 3.63) is 59.2 Å². The Balaban J connectivity index is 0.00000625. The number of amides is 4. The minimum Gasteiger partial charge on any atom is -0.444 e. The summed E-state index contributed by atoms with van der Waals surface area (Å²) in [4.78, 5) is 58.0. The van der Waals surface area contributed by atoms with Gasteiger partial charge in [-0.1, -0.05) is 82.2 Å². The zero-order chi connectivity index (χ0) is 35.6. The number of hydrogen-bond acceptors (Lipinski definition) is 5. The summed E-state index contributed by atoms with van der Waals surface area (Å²) < 4.78 is 5.46. The molecular formula is C39H64N4O5. The minimum absolute atomic E-state index is 0. The van der Waals surface area contributed by atoms with Crippen LogP contribution in [0.25, 0.3) is 0 Å². The third-order valence-corrected chi connectivity index (χ3v) is 9.36. The number of carbonyl (C=O) groups is 4. The highest BCUT2D eigenvalue weighted by atomic mass is 16.6. The van der Waals surface area contributed by atoms with Gasteiger partial charge in [-0.15, -0.1) is 0 Å². The van der Waals surface area contributed by atoms with Crippen molar-refractivity contribution in [1.29, 1.82) is 0 Å². The van der Waals surface area contributed by atoms with E-state index in [0.29, 0.717) is 19.4 Å². The number of nitrogens with zero attached hydrogens (tertiary/aromatic N) is 2. The predicted molar refractivity (Wildman–Crippen MR) is 195 cm³/mol. The fraction of sp³-hybridized carbons (Fsp3) is 0.641. The molecule has 270 valence electrons. The number of nitrogens with one attached hydrogen (secondary N) is 2. The number of carbonyl (C=O) groups excluding carboxylic acids is 4. The van der Waals surface area contributed by atoms with E-state index in [1.54, 1.807) is 32.6 Å². The van der Waals surface area contributed by atoms with Gasteiger partial charge in [0.2, 0.25) is 17.7 Å². The van der Waals surface area contributed by atoms with E-state index in [4.69, 9.17) is 4.74 Å². The van der Waals surface area contributed by atoms with Gasteiger partial charge in [-0.2, -0.15) is 0 Å². The van der Waals surface area contributed by atoms with Gasteiger partial charge in [0, 0.05) is 16.4 Å². The van der Waals surface area contributed by atoms with E-state index in [1.165, 1.54) is 23.1 Å². The van der Waals surface area contributed by atoms with Gasteiger partial charge in [0.1, 0.15) is 23.7 Å². The molecule has 1 aromatic carbocycles. The summed E-state index contributed by atoms with van der Waals surface area (Å²) in [6.45, 7) is 15.3. The van der Waals surface area contributed by atoms with Crippen LogP contribution in [0.1, 0.15) is 128 Å². The predicted octanol–water partition coefficient (Wildman–Crippen LogP) is 7.73.